The Balaban J connectivity index is 2.17. The van der Waals surface area contributed by atoms with E-state index in [9.17, 15) is 4.79 Å². The van der Waals surface area contributed by atoms with E-state index < -0.39 is 0 Å². The number of aryl methyl sites for hydroxylation is 1. The highest BCUT2D eigenvalue weighted by molar-refractivity contribution is 7.13. The van der Waals surface area contributed by atoms with E-state index in [4.69, 9.17) is 0 Å². The van der Waals surface area contributed by atoms with Gasteiger partial charge in [0.25, 0.3) is 0 Å². The van der Waals surface area contributed by atoms with Crippen LogP contribution in [0.1, 0.15) is 48.8 Å². The molecule has 1 aromatic rings. The Hall–Kier alpha value is -1.16. The van der Waals surface area contributed by atoms with Crippen molar-refractivity contribution in [2.24, 2.45) is 5.10 Å². The number of hydrogen-bond acceptors (Lipinski definition) is 3. The SMILES string of the molecule is CCCCCCC(=O)NN=Cc1ccc(C)s1. The Kier molecular flexibility index (Phi) is 6.55. The summed E-state index contributed by atoms with van der Waals surface area (Å²) < 4.78 is 0. The van der Waals surface area contributed by atoms with Crippen molar-refractivity contribution in [1.29, 1.82) is 0 Å². The van der Waals surface area contributed by atoms with Crippen LogP contribution in [0.4, 0.5) is 0 Å². The third kappa shape index (κ3) is 6.22. The Morgan fingerprint density at radius 3 is 2.88 bits per heavy atom. The van der Waals surface area contributed by atoms with Gasteiger partial charge >= 0.3 is 0 Å². The minimum absolute atomic E-state index is 0.00521. The van der Waals surface area contributed by atoms with Gasteiger partial charge in [-0.1, -0.05) is 26.2 Å². The van der Waals surface area contributed by atoms with Gasteiger partial charge in [-0.2, -0.15) is 5.10 Å². The molecule has 0 saturated carbocycles. The van der Waals surface area contributed by atoms with E-state index in [2.05, 4.69) is 17.5 Å². The van der Waals surface area contributed by atoms with Crippen molar-refractivity contribution in [1.82, 2.24) is 5.43 Å². The van der Waals surface area contributed by atoms with Gasteiger partial charge in [0.15, 0.2) is 0 Å². The molecule has 1 aromatic heterocycles. The molecular weight excluding hydrogens is 232 g/mol. The van der Waals surface area contributed by atoms with Gasteiger partial charge in [0, 0.05) is 16.2 Å². The van der Waals surface area contributed by atoms with E-state index in [1.165, 1.54) is 17.7 Å². The lowest BCUT2D eigenvalue weighted by molar-refractivity contribution is -0.121. The number of thiophene rings is 1. The Morgan fingerprint density at radius 1 is 1.41 bits per heavy atom. The first-order valence-electron chi connectivity index (χ1n) is 6.10. The zero-order valence-corrected chi connectivity index (χ0v) is 11.3. The zero-order chi connectivity index (χ0) is 12.5. The monoisotopic (exact) mass is 252 g/mol. The largest absolute Gasteiger partial charge is 0.273 e. The highest BCUT2D eigenvalue weighted by atomic mass is 32.1. The van der Waals surface area contributed by atoms with Crippen LogP contribution in [0.2, 0.25) is 0 Å². The van der Waals surface area contributed by atoms with Crippen LogP contribution in [0, 0.1) is 6.92 Å². The van der Waals surface area contributed by atoms with Gasteiger partial charge in [-0.3, -0.25) is 4.79 Å². The fraction of sp³-hybridized carbons (Fsp3) is 0.538. The van der Waals surface area contributed by atoms with Crippen LogP contribution in [0.5, 0.6) is 0 Å². The third-order valence-electron chi connectivity index (χ3n) is 2.40. The van der Waals surface area contributed by atoms with Crippen LogP contribution in [-0.2, 0) is 4.79 Å². The zero-order valence-electron chi connectivity index (χ0n) is 10.5. The van der Waals surface area contributed by atoms with Gasteiger partial charge in [-0.15, -0.1) is 11.3 Å². The summed E-state index contributed by atoms with van der Waals surface area (Å²) >= 11 is 1.66. The van der Waals surface area contributed by atoms with Gasteiger partial charge in [0.05, 0.1) is 6.21 Å². The molecule has 0 bridgehead atoms. The molecule has 17 heavy (non-hydrogen) atoms. The smallest absolute Gasteiger partial charge is 0.240 e. The van der Waals surface area contributed by atoms with E-state index in [0.29, 0.717) is 6.42 Å². The molecule has 0 radical (unpaired) electrons. The Labute approximate surface area is 107 Å². The molecule has 94 valence electrons. The predicted molar refractivity (Wildman–Crippen MR) is 73.6 cm³/mol. The summed E-state index contributed by atoms with van der Waals surface area (Å²) in [5.74, 6) is 0.00521. The highest BCUT2D eigenvalue weighted by Gasteiger charge is 1.98. The summed E-state index contributed by atoms with van der Waals surface area (Å²) in [6.07, 6.45) is 6.73. The molecule has 0 spiro atoms. The average Bonchev–Trinajstić information content (AvgIpc) is 2.71. The van der Waals surface area contributed by atoms with Crippen molar-refractivity contribution in [2.75, 3.05) is 0 Å². The Bertz CT molecular complexity index is 371. The summed E-state index contributed by atoms with van der Waals surface area (Å²) in [5.41, 5.74) is 2.55. The van der Waals surface area contributed by atoms with Gasteiger partial charge in [-0.25, -0.2) is 5.43 Å². The van der Waals surface area contributed by atoms with E-state index in [1.807, 2.05) is 19.1 Å². The maximum absolute atomic E-state index is 11.4. The van der Waals surface area contributed by atoms with E-state index in [-0.39, 0.29) is 5.91 Å². The molecule has 0 aliphatic heterocycles. The molecule has 1 heterocycles. The number of rotatable bonds is 7. The molecule has 1 N–H and O–H groups in total. The molecule has 0 aliphatic rings. The topological polar surface area (TPSA) is 41.5 Å². The lowest BCUT2D eigenvalue weighted by Gasteiger charge is -1.98. The fourth-order valence-electron chi connectivity index (χ4n) is 1.46. The highest BCUT2D eigenvalue weighted by Crippen LogP contribution is 2.12. The molecule has 3 nitrogen and oxygen atoms in total. The minimum Gasteiger partial charge on any atom is -0.273 e. The summed E-state index contributed by atoms with van der Waals surface area (Å²) in [4.78, 5) is 13.7. The number of nitrogens with zero attached hydrogens (tertiary/aromatic N) is 1. The molecule has 1 amide bonds. The van der Waals surface area contributed by atoms with Crippen molar-refractivity contribution in [3.63, 3.8) is 0 Å². The normalized spacial score (nSPS) is 10.9. The number of amides is 1. The predicted octanol–water partition coefficient (Wildman–Crippen LogP) is 3.48. The van der Waals surface area contributed by atoms with Crippen molar-refractivity contribution >= 4 is 23.5 Å². The first kappa shape index (κ1) is 13.9. The summed E-state index contributed by atoms with van der Waals surface area (Å²) in [6, 6.07) is 4.04. The number of unbranched alkanes of at least 4 members (excludes halogenated alkanes) is 3. The first-order valence-corrected chi connectivity index (χ1v) is 6.92. The second-order valence-corrected chi connectivity index (χ2v) is 5.37. The van der Waals surface area contributed by atoms with Crippen molar-refractivity contribution in [2.45, 2.75) is 46.0 Å². The first-order chi connectivity index (χ1) is 8.22. The van der Waals surface area contributed by atoms with Crippen LogP contribution in [0.15, 0.2) is 17.2 Å². The number of carbonyl (C=O) groups excluding carboxylic acids is 1. The fourth-order valence-corrected chi connectivity index (χ4v) is 2.21. The summed E-state index contributed by atoms with van der Waals surface area (Å²) in [6.45, 7) is 4.21. The lowest BCUT2D eigenvalue weighted by atomic mass is 10.1. The third-order valence-corrected chi connectivity index (χ3v) is 3.33. The van der Waals surface area contributed by atoms with Crippen LogP contribution >= 0.6 is 11.3 Å². The van der Waals surface area contributed by atoms with Crippen LogP contribution < -0.4 is 5.43 Å². The van der Waals surface area contributed by atoms with Crippen LogP contribution in [0.25, 0.3) is 0 Å². The van der Waals surface area contributed by atoms with E-state index in [0.717, 1.165) is 17.7 Å². The minimum atomic E-state index is 0.00521. The van der Waals surface area contributed by atoms with Gasteiger partial charge in [0.2, 0.25) is 5.91 Å². The summed E-state index contributed by atoms with van der Waals surface area (Å²) in [5, 5.41) is 3.94. The molecule has 0 saturated heterocycles. The summed E-state index contributed by atoms with van der Waals surface area (Å²) in [7, 11) is 0. The molecule has 0 unspecified atom stereocenters. The maximum atomic E-state index is 11.4. The number of nitrogens with one attached hydrogen (secondary N) is 1. The second kappa shape index (κ2) is 8.01. The molecule has 0 fully saturated rings. The lowest BCUT2D eigenvalue weighted by Crippen LogP contribution is -2.16. The standard InChI is InChI=1S/C13H20N2OS/c1-3-4-5-6-7-13(16)15-14-10-12-9-8-11(2)17-12/h8-10H,3-7H2,1-2H3,(H,15,16). The van der Waals surface area contributed by atoms with Gasteiger partial charge in [-0.05, 0) is 25.5 Å². The van der Waals surface area contributed by atoms with Gasteiger partial charge in [0.1, 0.15) is 0 Å². The van der Waals surface area contributed by atoms with E-state index in [1.54, 1.807) is 17.6 Å². The van der Waals surface area contributed by atoms with Crippen molar-refractivity contribution in [3.8, 4) is 0 Å². The molecule has 0 aromatic carbocycles. The molecule has 4 heteroatoms. The Morgan fingerprint density at radius 2 is 2.24 bits per heavy atom. The average molecular weight is 252 g/mol. The number of carbonyl (C=O) groups is 1. The van der Waals surface area contributed by atoms with Crippen molar-refractivity contribution < 1.29 is 4.79 Å². The van der Waals surface area contributed by atoms with Crippen molar-refractivity contribution in [3.05, 3.63) is 21.9 Å². The van der Waals surface area contributed by atoms with E-state index >= 15 is 0 Å². The number of hydrazone groups is 1. The molecule has 0 aliphatic carbocycles. The molecule has 1 rings (SSSR count). The van der Waals surface area contributed by atoms with Gasteiger partial charge < -0.3 is 0 Å². The number of hydrogen-bond donors (Lipinski definition) is 1. The second-order valence-electron chi connectivity index (χ2n) is 4.05. The quantitative estimate of drug-likeness (QED) is 0.450. The van der Waals surface area contributed by atoms with Crippen LogP contribution in [0.3, 0.4) is 0 Å². The van der Waals surface area contributed by atoms with Crippen LogP contribution in [-0.4, -0.2) is 12.1 Å². The molecular formula is C13H20N2OS. The maximum Gasteiger partial charge on any atom is 0.240 e. The molecule has 0 atom stereocenters.